The van der Waals surface area contributed by atoms with Gasteiger partial charge in [0.15, 0.2) is 0 Å². The number of hydrogen-bond donors (Lipinski definition) is 2. The minimum atomic E-state index is -0.217. The lowest BCUT2D eigenvalue weighted by molar-refractivity contribution is -0.135. The van der Waals surface area contributed by atoms with Gasteiger partial charge in [-0.05, 0) is 31.9 Å². The molecule has 4 heteroatoms. The molecule has 0 heterocycles. The molecule has 1 amide bonds. The van der Waals surface area contributed by atoms with Crippen LogP contribution in [0.3, 0.4) is 0 Å². The summed E-state index contributed by atoms with van der Waals surface area (Å²) in [5, 5.41) is 3.84. The molecule has 3 nitrogen and oxygen atoms in total. The van der Waals surface area contributed by atoms with Gasteiger partial charge in [0, 0.05) is 17.8 Å². The number of nitrogens with one attached hydrogen (secondary N) is 1. The number of amides is 1. The SMILES string of the molecule is CSC1CCCC1NC(=O)C1(CN)CCC1. The van der Waals surface area contributed by atoms with Crippen LogP contribution in [-0.2, 0) is 4.79 Å². The average Bonchev–Trinajstić information content (AvgIpc) is 2.64. The Morgan fingerprint density at radius 3 is 2.69 bits per heavy atom. The molecule has 0 radical (unpaired) electrons. The van der Waals surface area contributed by atoms with Gasteiger partial charge in [0.2, 0.25) is 5.91 Å². The molecule has 3 N–H and O–H groups in total. The van der Waals surface area contributed by atoms with E-state index in [4.69, 9.17) is 5.73 Å². The van der Waals surface area contributed by atoms with Gasteiger partial charge in [0.1, 0.15) is 0 Å². The maximum atomic E-state index is 12.2. The quantitative estimate of drug-likeness (QED) is 0.786. The van der Waals surface area contributed by atoms with Crippen LogP contribution in [-0.4, -0.2) is 30.0 Å². The van der Waals surface area contributed by atoms with Crippen molar-refractivity contribution in [3.63, 3.8) is 0 Å². The Labute approximate surface area is 102 Å². The van der Waals surface area contributed by atoms with Crippen LogP contribution in [0.4, 0.5) is 0 Å². The van der Waals surface area contributed by atoms with E-state index in [1.165, 1.54) is 12.8 Å². The first kappa shape index (κ1) is 12.2. The minimum Gasteiger partial charge on any atom is -0.352 e. The zero-order valence-electron chi connectivity index (χ0n) is 10.00. The molecule has 0 aromatic carbocycles. The molecular weight excluding hydrogens is 220 g/mol. The fourth-order valence-electron chi connectivity index (χ4n) is 2.82. The molecule has 0 bridgehead atoms. The highest BCUT2D eigenvalue weighted by atomic mass is 32.2. The van der Waals surface area contributed by atoms with Gasteiger partial charge >= 0.3 is 0 Å². The van der Waals surface area contributed by atoms with Gasteiger partial charge < -0.3 is 11.1 Å². The molecule has 0 aromatic rings. The number of hydrogen-bond acceptors (Lipinski definition) is 3. The zero-order chi connectivity index (χ0) is 11.6. The topological polar surface area (TPSA) is 55.1 Å². The Morgan fingerprint density at radius 2 is 2.19 bits per heavy atom. The van der Waals surface area contributed by atoms with E-state index in [0.717, 1.165) is 25.7 Å². The number of rotatable bonds is 4. The monoisotopic (exact) mass is 242 g/mol. The van der Waals surface area contributed by atoms with Crippen LogP contribution in [0.25, 0.3) is 0 Å². The summed E-state index contributed by atoms with van der Waals surface area (Å²) in [6, 6.07) is 0.381. The number of thioether (sulfide) groups is 1. The molecule has 2 fully saturated rings. The maximum absolute atomic E-state index is 12.2. The van der Waals surface area contributed by atoms with Crippen LogP contribution in [0.2, 0.25) is 0 Å². The van der Waals surface area contributed by atoms with E-state index in [-0.39, 0.29) is 11.3 Å². The first-order valence-corrected chi connectivity index (χ1v) is 7.54. The normalized spacial score (nSPS) is 32.1. The van der Waals surface area contributed by atoms with Crippen LogP contribution < -0.4 is 11.1 Å². The maximum Gasteiger partial charge on any atom is 0.227 e. The van der Waals surface area contributed by atoms with Crippen molar-refractivity contribution in [3.8, 4) is 0 Å². The molecule has 0 spiro atoms. The lowest BCUT2D eigenvalue weighted by atomic mass is 9.68. The third-order valence-electron chi connectivity index (χ3n) is 4.25. The van der Waals surface area contributed by atoms with Gasteiger partial charge in [0.05, 0.1) is 5.41 Å². The summed E-state index contributed by atoms with van der Waals surface area (Å²) in [6.45, 7) is 0.509. The summed E-state index contributed by atoms with van der Waals surface area (Å²) in [5.41, 5.74) is 5.53. The smallest absolute Gasteiger partial charge is 0.227 e. The second-order valence-electron chi connectivity index (χ2n) is 5.12. The summed E-state index contributed by atoms with van der Waals surface area (Å²) in [6.07, 6.45) is 8.86. The summed E-state index contributed by atoms with van der Waals surface area (Å²) in [5.74, 6) is 0.215. The predicted molar refractivity (Wildman–Crippen MR) is 68.4 cm³/mol. The largest absolute Gasteiger partial charge is 0.352 e. The van der Waals surface area contributed by atoms with Gasteiger partial charge in [0.25, 0.3) is 0 Å². The Kier molecular flexibility index (Phi) is 3.80. The van der Waals surface area contributed by atoms with Crippen LogP contribution in [0.1, 0.15) is 38.5 Å². The summed E-state index contributed by atoms with van der Waals surface area (Å²) >= 11 is 1.88. The Bertz CT molecular complexity index is 260. The van der Waals surface area contributed by atoms with Gasteiger partial charge in [-0.15, -0.1) is 0 Å². The van der Waals surface area contributed by atoms with Gasteiger partial charge in [-0.1, -0.05) is 12.8 Å². The molecule has 2 aliphatic rings. The molecule has 0 aliphatic heterocycles. The van der Waals surface area contributed by atoms with E-state index in [0.29, 0.717) is 17.8 Å². The van der Waals surface area contributed by atoms with Crippen molar-refractivity contribution in [2.45, 2.75) is 49.8 Å². The standard InChI is InChI=1S/C12H22N2OS/c1-16-10-5-2-4-9(10)14-11(15)12(8-13)6-3-7-12/h9-10H,2-8,13H2,1H3,(H,14,15). The summed E-state index contributed by atoms with van der Waals surface area (Å²) in [7, 11) is 0. The molecule has 92 valence electrons. The lowest BCUT2D eigenvalue weighted by Crippen LogP contribution is -2.53. The van der Waals surface area contributed by atoms with Crippen molar-refractivity contribution in [3.05, 3.63) is 0 Å². The third kappa shape index (κ3) is 2.09. The van der Waals surface area contributed by atoms with Crippen LogP contribution >= 0.6 is 11.8 Å². The first-order valence-electron chi connectivity index (χ1n) is 6.26. The molecular formula is C12H22N2OS. The molecule has 2 atom stereocenters. The van der Waals surface area contributed by atoms with E-state index in [2.05, 4.69) is 11.6 Å². The Morgan fingerprint density at radius 1 is 1.44 bits per heavy atom. The van der Waals surface area contributed by atoms with Crippen LogP contribution in [0.5, 0.6) is 0 Å². The predicted octanol–water partition coefficient (Wildman–Crippen LogP) is 1.52. The zero-order valence-corrected chi connectivity index (χ0v) is 10.8. The summed E-state index contributed by atoms with van der Waals surface area (Å²) in [4.78, 5) is 12.2. The lowest BCUT2D eigenvalue weighted by Gasteiger charge is -2.40. The molecule has 2 aliphatic carbocycles. The second kappa shape index (κ2) is 4.96. The van der Waals surface area contributed by atoms with Crippen molar-refractivity contribution in [2.75, 3.05) is 12.8 Å². The third-order valence-corrected chi connectivity index (χ3v) is 5.42. The van der Waals surface area contributed by atoms with Crippen molar-refractivity contribution in [1.82, 2.24) is 5.32 Å². The molecule has 0 aromatic heterocycles. The van der Waals surface area contributed by atoms with Crippen molar-refractivity contribution >= 4 is 17.7 Å². The highest BCUT2D eigenvalue weighted by molar-refractivity contribution is 7.99. The van der Waals surface area contributed by atoms with E-state index in [9.17, 15) is 4.79 Å². The fraction of sp³-hybridized carbons (Fsp3) is 0.917. The molecule has 2 unspecified atom stereocenters. The van der Waals surface area contributed by atoms with E-state index in [1.807, 2.05) is 11.8 Å². The van der Waals surface area contributed by atoms with Gasteiger partial charge in [-0.2, -0.15) is 11.8 Å². The minimum absolute atomic E-state index is 0.215. The fourth-order valence-corrected chi connectivity index (χ4v) is 3.76. The van der Waals surface area contributed by atoms with Gasteiger partial charge in [-0.3, -0.25) is 4.79 Å². The van der Waals surface area contributed by atoms with Crippen molar-refractivity contribution in [1.29, 1.82) is 0 Å². The van der Waals surface area contributed by atoms with Crippen molar-refractivity contribution < 1.29 is 4.79 Å². The molecule has 2 rings (SSSR count). The van der Waals surface area contributed by atoms with E-state index >= 15 is 0 Å². The molecule has 2 saturated carbocycles. The molecule has 16 heavy (non-hydrogen) atoms. The average molecular weight is 242 g/mol. The summed E-state index contributed by atoms with van der Waals surface area (Å²) < 4.78 is 0. The Balaban J connectivity index is 1.91. The Hall–Kier alpha value is -0.220. The van der Waals surface area contributed by atoms with Crippen LogP contribution in [0.15, 0.2) is 0 Å². The number of nitrogens with two attached hydrogens (primary N) is 1. The highest BCUT2D eigenvalue weighted by Crippen LogP contribution is 2.40. The first-order chi connectivity index (χ1) is 7.72. The number of carbonyl (C=O) groups excluding carboxylic acids is 1. The van der Waals surface area contributed by atoms with Crippen molar-refractivity contribution in [2.24, 2.45) is 11.1 Å². The van der Waals surface area contributed by atoms with E-state index in [1.54, 1.807) is 0 Å². The molecule has 0 saturated heterocycles. The number of carbonyl (C=O) groups is 1. The second-order valence-corrected chi connectivity index (χ2v) is 6.20. The van der Waals surface area contributed by atoms with Gasteiger partial charge in [-0.25, -0.2) is 0 Å². The van der Waals surface area contributed by atoms with E-state index < -0.39 is 0 Å². The van der Waals surface area contributed by atoms with Crippen LogP contribution in [0, 0.1) is 5.41 Å². The highest BCUT2D eigenvalue weighted by Gasteiger charge is 2.44.